The summed E-state index contributed by atoms with van der Waals surface area (Å²) in [6, 6.07) is 2.47. The Morgan fingerprint density at radius 3 is 2.74 bits per heavy atom. The van der Waals surface area contributed by atoms with Crippen molar-refractivity contribution in [2.75, 3.05) is 33.2 Å². The zero-order valence-corrected chi connectivity index (χ0v) is 12.8. The number of fused-ring (bicyclic) bond motifs is 1. The van der Waals surface area contributed by atoms with Crippen LogP contribution in [0, 0.1) is 5.92 Å². The Labute approximate surface area is 118 Å². The van der Waals surface area contributed by atoms with Crippen molar-refractivity contribution in [1.82, 2.24) is 15.1 Å². The molecule has 3 heteroatoms. The van der Waals surface area contributed by atoms with E-state index in [1.165, 1.54) is 58.2 Å². The molecule has 4 unspecified atom stereocenters. The largest absolute Gasteiger partial charge is 0.313 e. The van der Waals surface area contributed by atoms with Gasteiger partial charge in [0.05, 0.1) is 0 Å². The lowest BCUT2D eigenvalue weighted by Gasteiger charge is -2.48. The van der Waals surface area contributed by atoms with E-state index < -0.39 is 0 Å². The van der Waals surface area contributed by atoms with Crippen molar-refractivity contribution in [1.29, 1.82) is 0 Å². The van der Waals surface area contributed by atoms with E-state index in [1.807, 2.05) is 0 Å². The minimum absolute atomic E-state index is 0.767. The van der Waals surface area contributed by atoms with Crippen molar-refractivity contribution in [2.45, 2.75) is 63.6 Å². The number of nitrogens with zero attached hydrogens (tertiary/aromatic N) is 2. The van der Waals surface area contributed by atoms with E-state index >= 15 is 0 Å². The third-order valence-corrected chi connectivity index (χ3v) is 5.79. The van der Waals surface area contributed by atoms with Gasteiger partial charge in [-0.05, 0) is 58.2 Å². The summed E-state index contributed by atoms with van der Waals surface area (Å²) in [5.41, 5.74) is 0. The third kappa shape index (κ3) is 2.84. The maximum atomic E-state index is 3.72. The lowest BCUT2D eigenvalue weighted by atomic mass is 9.83. The van der Waals surface area contributed by atoms with Gasteiger partial charge in [0.2, 0.25) is 0 Å². The standard InChI is InChI=1S/C16H31N3/c1-3-17-14-7-4-8-16(14)19-11-9-15-13(12-19)6-5-10-18(15)2/h13-17H,3-12H2,1-2H3. The number of likely N-dealkylation sites (N-methyl/N-ethyl adjacent to an activating group) is 1. The van der Waals surface area contributed by atoms with Crippen LogP contribution in [0.1, 0.15) is 45.4 Å². The van der Waals surface area contributed by atoms with E-state index in [-0.39, 0.29) is 0 Å². The first-order valence-corrected chi connectivity index (χ1v) is 8.47. The van der Waals surface area contributed by atoms with Gasteiger partial charge in [0.25, 0.3) is 0 Å². The highest BCUT2D eigenvalue weighted by Crippen LogP contribution is 2.33. The molecule has 0 aromatic rings. The third-order valence-electron chi connectivity index (χ3n) is 5.79. The first-order valence-electron chi connectivity index (χ1n) is 8.47. The van der Waals surface area contributed by atoms with E-state index in [0.29, 0.717) is 0 Å². The van der Waals surface area contributed by atoms with Gasteiger partial charge in [0.15, 0.2) is 0 Å². The van der Waals surface area contributed by atoms with Gasteiger partial charge in [-0.3, -0.25) is 4.90 Å². The van der Waals surface area contributed by atoms with Crippen LogP contribution in [-0.4, -0.2) is 61.2 Å². The van der Waals surface area contributed by atoms with Crippen molar-refractivity contribution < 1.29 is 0 Å². The lowest BCUT2D eigenvalue weighted by Crippen LogP contribution is -2.57. The molecular formula is C16H31N3. The smallest absolute Gasteiger partial charge is 0.0249 e. The molecule has 0 bridgehead atoms. The summed E-state index contributed by atoms with van der Waals surface area (Å²) in [5.74, 6) is 0.940. The van der Waals surface area contributed by atoms with E-state index in [4.69, 9.17) is 0 Å². The van der Waals surface area contributed by atoms with Crippen LogP contribution in [0.3, 0.4) is 0 Å². The zero-order chi connectivity index (χ0) is 13.2. The second-order valence-electron chi connectivity index (χ2n) is 6.90. The number of rotatable bonds is 3. The lowest BCUT2D eigenvalue weighted by molar-refractivity contribution is 0.0163. The van der Waals surface area contributed by atoms with E-state index in [9.17, 15) is 0 Å². The Balaban J connectivity index is 1.61. The molecule has 1 N–H and O–H groups in total. The Hall–Kier alpha value is -0.120. The predicted octanol–water partition coefficient (Wildman–Crippen LogP) is 1.93. The summed E-state index contributed by atoms with van der Waals surface area (Å²) in [7, 11) is 2.34. The van der Waals surface area contributed by atoms with Crippen molar-refractivity contribution in [2.24, 2.45) is 5.92 Å². The van der Waals surface area contributed by atoms with Crippen LogP contribution in [0.5, 0.6) is 0 Å². The minimum atomic E-state index is 0.767. The molecule has 0 amide bonds. The molecule has 0 aromatic carbocycles. The summed E-state index contributed by atoms with van der Waals surface area (Å²) in [6.45, 7) is 7.39. The van der Waals surface area contributed by atoms with Crippen LogP contribution in [0.2, 0.25) is 0 Å². The fourth-order valence-electron chi connectivity index (χ4n) is 4.86. The van der Waals surface area contributed by atoms with Crippen molar-refractivity contribution in [3.8, 4) is 0 Å². The van der Waals surface area contributed by atoms with Gasteiger partial charge >= 0.3 is 0 Å². The molecule has 3 fully saturated rings. The molecule has 3 aliphatic rings. The normalized spacial score (nSPS) is 41.4. The SMILES string of the molecule is CCNC1CCCC1N1CCC2C(CCCN2C)C1. The summed E-state index contributed by atoms with van der Waals surface area (Å²) in [5, 5.41) is 3.72. The Morgan fingerprint density at radius 2 is 1.89 bits per heavy atom. The molecule has 0 radical (unpaired) electrons. The molecule has 1 aliphatic carbocycles. The van der Waals surface area contributed by atoms with Crippen LogP contribution in [0.15, 0.2) is 0 Å². The second kappa shape index (κ2) is 6.11. The van der Waals surface area contributed by atoms with Crippen molar-refractivity contribution in [3.63, 3.8) is 0 Å². The topological polar surface area (TPSA) is 18.5 Å². The number of hydrogen-bond acceptors (Lipinski definition) is 3. The second-order valence-corrected chi connectivity index (χ2v) is 6.90. The monoisotopic (exact) mass is 265 g/mol. The molecule has 110 valence electrons. The van der Waals surface area contributed by atoms with Gasteiger partial charge in [-0.25, -0.2) is 0 Å². The van der Waals surface area contributed by atoms with E-state index in [2.05, 4.69) is 29.1 Å². The maximum absolute atomic E-state index is 3.72. The predicted molar refractivity (Wildman–Crippen MR) is 80.4 cm³/mol. The number of nitrogens with one attached hydrogen (secondary N) is 1. The summed E-state index contributed by atoms with van der Waals surface area (Å²) in [4.78, 5) is 5.46. The average Bonchev–Trinajstić information content (AvgIpc) is 2.87. The first-order chi connectivity index (χ1) is 9.29. The summed E-state index contributed by atoms with van der Waals surface area (Å²) >= 11 is 0. The molecule has 19 heavy (non-hydrogen) atoms. The summed E-state index contributed by atoms with van der Waals surface area (Å²) < 4.78 is 0. The molecule has 0 spiro atoms. The number of hydrogen-bond donors (Lipinski definition) is 1. The fraction of sp³-hybridized carbons (Fsp3) is 1.00. The van der Waals surface area contributed by atoms with Crippen LogP contribution in [0.4, 0.5) is 0 Å². The van der Waals surface area contributed by atoms with Crippen molar-refractivity contribution >= 4 is 0 Å². The Bertz CT molecular complexity index is 294. The maximum Gasteiger partial charge on any atom is 0.0249 e. The fourth-order valence-corrected chi connectivity index (χ4v) is 4.86. The van der Waals surface area contributed by atoms with E-state index in [1.54, 1.807) is 0 Å². The molecule has 2 aliphatic heterocycles. The highest BCUT2D eigenvalue weighted by atomic mass is 15.2. The Kier molecular flexibility index (Phi) is 4.45. The minimum Gasteiger partial charge on any atom is -0.313 e. The van der Waals surface area contributed by atoms with Gasteiger partial charge < -0.3 is 10.2 Å². The Morgan fingerprint density at radius 1 is 1.00 bits per heavy atom. The molecule has 0 aromatic heterocycles. The molecule has 4 atom stereocenters. The van der Waals surface area contributed by atoms with Crippen LogP contribution in [0.25, 0.3) is 0 Å². The van der Waals surface area contributed by atoms with Crippen LogP contribution < -0.4 is 5.32 Å². The molecule has 3 rings (SSSR count). The summed E-state index contributed by atoms with van der Waals surface area (Å²) in [6.07, 6.45) is 8.51. The van der Waals surface area contributed by atoms with Gasteiger partial charge in [0, 0.05) is 31.2 Å². The molecular weight excluding hydrogens is 234 g/mol. The quantitative estimate of drug-likeness (QED) is 0.841. The van der Waals surface area contributed by atoms with Gasteiger partial charge in [-0.15, -0.1) is 0 Å². The first kappa shape index (κ1) is 13.8. The molecule has 2 saturated heterocycles. The van der Waals surface area contributed by atoms with Crippen LogP contribution in [-0.2, 0) is 0 Å². The van der Waals surface area contributed by atoms with Gasteiger partial charge in [-0.1, -0.05) is 13.3 Å². The molecule has 1 saturated carbocycles. The highest BCUT2D eigenvalue weighted by molar-refractivity contribution is 4.96. The molecule has 2 heterocycles. The van der Waals surface area contributed by atoms with E-state index in [0.717, 1.165) is 30.6 Å². The highest BCUT2D eigenvalue weighted by Gasteiger charge is 2.39. The molecule has 3 nitrogen and oxygen atoms in total. The van der Waals surface area contributed by atoms with Gasteiger partial charge in [-0.2, -0.15) is 0 Å². The average molecular weight is 265 g/mol. The van der Waals surface area contributed by atoms with Crippen molar-refractivity contribution in [3.05, 3.63) is 0 Å². The van der Waals surface area contributed by atoms with Crippen LogP contribution >= 0.6 is 0 Å². The number of likely N-dealkylation sites (tertiary alicyclic amines) is 2. The van der Waals surface area contributed by atoms with Gasteiger partial charge in [0.1, 0.15) is 0 Å². The zero-order valence-electron chi connectivity index (χ0n) is 12.8. The number of piperidine rings is 2.